The Labute approximate surface area is 175 Å². The van der Waals surface area contributed by atoms with E-state index in [2.05, 4.69) is 32.2 Å². The van der Waals surface area contributed by atoms with E-state index in [0.717, 1.165) is 54.6 Å². The van der Waals surface area contributed by atoms with Gasteiger partial charge in [0.25, 0.3) is 0 Å². The summed E-state index contributed by atoms with van der Waals surface area (Å²) in [6, 6.07) is 13.9. The second-order valence-corrected chi connectivity index (χ2v) is 7.33. The van der Waals surface area contributed by atoms with Crippen molar-refractivity contribution in [2.75, 3.05) is 25.0 Å². The van der Waals surface area contributed by atoms with E-state index in [1.54, 1.807) is 0 Å². The summed E-state index contributed by atoms with van der Waals surface area (Å²) in [4.78, 5) is 16.8. The van der Waals surface area contributed by atoms with Gasteiger partial charge in [-0.1, -0.05) is 24.3 Å². The molecule has 30 heavy (non-hydrogen) atoms. The van der Waals surface area contributed by atoms with Gasteiger partial charge in [0.2, 0.25) is 5.91 Å². The highest BCUT2D eigenvalue weighted by molar-refractivity contribution is 5.94. The number of aromatic nitrogens is 3. The zero-order chi connectivity index (χ0) is 20.8. The third kappa shape index (κ3) is 4.59. The summed E-state index contributed by atoms with van der Waals surface area (Å²) < 4.78 is 2.02. The van der Waals surface area contributed by atoms with Crippen LogP contribution in [0.2, 0.25) is 0 Å². The van der Waals surface area contributed by atoms with Crippen LogP contribution in [0.15, 0.2) is 53.7 Å². The molecule has 0 spiro atoms. The summed E-state index contributed by atoms with van der Waals surface area (Å²) in [6.07, 6.45) is 4.18. The van der Waals surface area contributed by atoms with Gasteiger partial charge in [-0.05, 0) is 37.1 Å². The minimum absolute atomic E-state index is 0.0485. The molecule has 1 amide bonds. The Bertz CT molecular complexity index is 1040. The van der Waals surface area contributed by atoms with Crippen LogP contribution >= 0.6 is 0 Å². The maximum Gasteiger partial charge on any atom is 0.225 e. The summed E-state index contributed by atoms with van der Waals surface area (Å²) in [6.45, 7) is 4.16. The zero-order valence-corrected chi connectivity index (χ0v) is 17.1. The average Bonchev–Trinajstić information content (AvgIpc) is 3.17. The van der Waals surface area contributed by atoms with Gasteiger partial charge in [-0.15, -0.1) is 10.2 Å². The van der Waals surface area contributed by atoms with Crippen molar-refractivity contribution in [3.05, 3.63) is 60.0 Å². The normalized spacial score (nSPS) is 16.2. The number of fused-ring (bicyclic) bond motifs is 2. The molecule has 0 aliphatic carbocycles. The van der Waals surface area contributed by atoms with Gasteiger partial charge in [-0.3, -0.25) is 14.2 Å². The van der Waals surface area contributed by atoms with E-state index in [0.29, 0.717) is 13.0 Å². The molecule has 156 valence electrons. The number of hydrogen-bond acceptors (Lipinski definition) is 4. The van der Waals surface area contributed by atoms with Gasteiger partial charge in [-0.2, -0.15) is 0 Å². The Morgan fingerprint density at radius 1 is 1.20 bits per heavy atom. The van der Waals surface area contributed by atoms with Crippen molar-refractivity contribution >= 4 is 23.2 Å². The zero-order valence-electron chi connectivity index (χ0n) is 17.1. The van der Waals surface area contributed by atoms with Crippen LogP contribution in [0.5, 0.6) is 0 Å². The van der Waals surface area contributed by atoms with Crippen LogP contribution in [-0.2, 0) is 11.2 Å². The number of aryl methyl sites for hydroxylation is 1. The summed E-state index contributed by atoms with van der Waals surface area (Å²) in [5.74, 6) is 1.87. The molecule has 1 aliphatic heterocycles. The number of carbonyl (C=O) groups is 1. The first-order valence-electron chi connectivity index (χ1n) is 10.4. The van der Waals surface area contributed by atoms with Crippen molar-refractivity contribution in [2.24, 2.45) is 4.99 Å². The Morgan fingerprint density at radius 2 is 2.07 bits per heavy atom. The van der Waals surface area contributed by atoms with Gasteiger partial charge in [0, 0.05) is 43.7 Å². The standard InChI is InChI=1S/C22H27N7O/c1-2-23-22(24-12-7-11-20-28-27-19-10-5-6-13-29(19)20)25-15-16-14-21(30)26-18-9-4-3-8-17(16)18/h3-6,8-10,13,16H,2,7,11-12,14-15H2,1H3,(H,26,30)(H2,23,24,25). The molecule has 1 aromatic carbocycles. The molecule has 4 rings (SSSR count). The number of anilines is 1. The number of amides is 1. The number of carbonyl (C=O) groups excluding carboxylic acids is 1. The van der Waals surface area contributed by atoms with Crippen molar-refractivity contribution in [2.45, 2.75) is 32.1 Å². The molecule has 1 atom stereocenters. The third-order valence-electron chi connectivity index (χ3n) is 5.17. The van der Waals surface area contributed by atoms with Crippen molar-refractivity contribution in [3.8, 4) is 0 Å². The number of pyridine rings is 1. The lowest BCUT2D eigenvalue weighted by Gasteiger charge is -2.24. The van der Waals surface area contributed by atoms with E-state index in [1.807, 2.05) is 53.9 Å². The second-order valence-electron chi connectivity index (χ2n) is 7.33. The molecule has 2 aromatic heterocycles. The number of para-hydroxylation sites is 1. The molecule has 0 saturated carbocycles. The predicted octanol–water partition coefficient (Wildman–Crippen LogP) is 2.34. The number of nitrogens with zero attached hydrogens (tertiary/aromatic N) is 4. The number of hydrogen-bond donors (Lipinski definition) is 3. The molecule has 0 bridgehead atoms. The molecule has 1 unspecified atom stereocenters. The summed E-state index contributed by atoms with van der Waals surface area (Å²) >= 11 is 0. The topological polar surface area (TPSA) is 95.7 Å². The van der Waals surface area contributed by atoms with E-state index in [4.69, 9.17) is 4.99 Å². The first-order valence-corrected chi connectivity index (χ1v) is 10.4. The predicted molar refractivity (Wildman–Crippen MR) is 118 cm³/mol. The van der Waals surface area contributed by atoms with Gasteiger partial charge in [0.1, 0.15) is 5.82 Å². The lowest BCUT2D eigenvalue weighted by Crippen LogP contribution is -2.38. The van der Waals surface area contributed by atoms with Crippen LogP contribution in [-0.4, -0.2) is 46.1 Å². The van der Waals surface area contributed by atoms with Gasteiger partial charge in [-0.25, -0.2) is 0 Å². The Kier molecular flexibility index (Phi) is 6.22. The molecule has 0 radical (unpaired) electrons. The highest BCUT2D eigenvalue weighted by Crippen LogP contribution is 2.31. The molecule has 0 fully saturated rings. The average molecular weight is 406 g/mol. The fourth-order valence-corrected chi connectivity index (χ4v) is 3.72. The lowest BCUT2D eigenvalue weighted by atomic mass is 9.91. The first-order chi connectivity index (χ1) is 14.7. The quantitative estimate of drug-likeness (QED) is 0.319. The Balaban J connectivity index is 1.33. The number of rotatable bonds is 7. The second kappa shape index (κ2) is 9.39. The first kappa shape index (κ1) is 19.9. The fourth-order valence-electron chi connectivity index (χ4n) is 3.72. The fraction of sp³-hybridized carbons (Fsp3) is 0.364. The van der Waals surface area contributed by atoms with E-state index < -0.39 is 0 Å². The molecule has 8 nitrogen and oxygen atoms in total. The monoisotopic (exact) mass is 405 g/mol. The SMILES string of the molecule is CCNC(=NCC1CC(=O)Nc2ccccc21)NCCCc1nnc2ccccn12. The van der Waals surface area contributed by atoms with Crippen LogP contribution in [0.1, 0.15) is 37.1 Å². The lowest BCUT2D eigenvalue weighted by molar-refractivity contribution is -0.116. The summed E-state index contributed by atoms with van der Waals surface area (Å²) in [7, 11) is 0. The van der Waals surface area contributed by atoms with Crippen molar-refractivity contribution < 1.29 is 4.79 Å². The molecular weight excluding hydrogens is 378 g/mol. The molecular formula is C22H27N7O. The van der Waals surface area contributed by atoms with Gasteiger partial charge < -0.3 is 16.0 Å². The molecule has 1 aliphatic rings. The van der Waals surface area contributed by atoms with E-state index in [9.17, 15) is 4.79 Å². The highest BCUT2D eigenvalue weighted by atomic mass is 16.1. The smallest absolute Gasteiger partial charge is 0.225 e. The summed E-state index contributed by atoms with van der Waals surface area (Å²) in [5.41, 5.74) is 2.91. The van der Waals surface area contributed by atoms with Crippen molar-refractivity contribution in [1.29, 1.82) is 0 Å². The van der Waals surface area contributed by atoms with Crippen LogP contribution in [0, 0.1) is 0 Å². The van der Waals surface area contributed by atoms with Crippen LogP contribution in [0.4, 0.5) is 5.69 Å². The molecule has 3 heterocycles. The minimum atomic E-state index is 0.0485. The summed E-state index contributed by atoms with van der Waals surface area (Å²) in [5, 5.41) is 18.1. The van der Waals surface area contributed by atoms with E-state index in [1.165, 1.54) is 0 Å². The number of nitrogens with one attached hydrogen (secondary N) is 3. The van der Waals surface area contributed by atoms with Gasteiger partial charge >= 0.3 is 0 Å². The van der Waals surface area contributed by atoms with E-state index >= 15 is 0 Å². The number of aliphatic imine (C=N–C) groups is 1. The van der Waals surface area contributed by atoms with Crippen LogP contribution < -0.4 is 16.0 Å². The van der Waals surface area contributed by atoms with Crippen LogP contribution in [0.3, 0.4) is 0 Å². The largest absolute Gasteiger partial charge is 0.357 e. The molecule has 8 heteroatoms. The molecule has 3 aromatic rings. The maximum atomic E-state index is 12.0. The van der Waals surface area contributed by atoms with Gasteiger partial charge in [0.15, 0.2) is 11.6 Å². The highest BCUT2D eigenvalue weighted by Gasteiger charge is 2.24. The number of guanidine groups is 1. The van der Waals surface area contributed by atoms with Crippen molar-refractivity contribution in [3.63, 3.8) is 0 Å². The van der Waals surface area contributed by atoms with Crippen molar-refractivity contribution in [1.82, 2.24) is 25.2 Å². The Hall–Kier alpha value is -3.42. The van der Waals surface area contributed by atoms with E-state index in [-0.39, 0.29) is 11.8 Å². The van der Waals surface area contributed by atoms with Crippen LogP contribution in [0.25, 0.3) is 5.65 Å². The maximum absolute atomic E-state index is 12.0. The molecule has 0 saturated heterocycles. The third-order valence-corrected chi connectivity index (χ3v) is 5.17. The molecule has 3 N–H and O–H groups in total. The minimum Gasteiger partial charge on any atom is -0.357 e. The number of benzene rings is 1. The van der Waals surface area contributed by atoms with Gasteiger partial charge in [0.05, 0.1) is 6.54 Å². The Morgan fingerprint density at radius 3 is 2.97 bits per heavy atom.